The number of aromatic amines is 1. The third-order valence-corrected chi connectivity index (χ3v) is 6.42. The molecule has 1 unspecified atom stereocenters. The first-order valence-electron chi connectivity index (χ1n) is 11.1. The van der Waals surface area contributed by atoms with Gasteiger partial charge in [-0.15, -0.1) is 0 Å². The highest BCUT2D eigenvalue weighted by Gasteiger charge is 2.32. The molecule has 1 aliphatic heterocycles. The summed E-state index contributed by atoms with van der Waals surface area (Å²) in [6.45, 7) is 0.493. The van der Waals surface area contributed by atoms with E-state index >= 15 is 0 Å². The number of benzene rings is 2. The quantitative estimate of drug-likeness (QED) is 0.619. The molecule has 2 aromatic carbocycles. The lowest BCUT2D eigenvalue weighted by molar-refractivity contribution is -0.125. The van der Waals surface area contributed by atoms with E-state index in [-0.39, 0.29) is 11.9 Å². The predicted octanol–water partition coefficient (Wildman–Crippen LogP) is 5.01. The Balaban J connectivity index is 1.31. The molecule has 1 aromatic heterocycles. The van der Waals surface area contributed by atoms with Crippen LogP contribution in [0.25, 0.3) is 17.2 Å². The van der Waals surface area contributed by atoms with Gasteiger partial charge in [-0.1, -0.05) is 61.4 Å². The Morgan fingerprint density at radius 1 is 1.10 bits per heavy atom. The van der Waals surface area contributed by atoms with Crippen molar-refractivity contribution in [1.29, 1.82) is 0 Å². The molecule has 1 atom stereocenters. The number of H-pyrrole nitrogens is 1. The standard InChI is InChI=1S/C26H28N4O/c1-30-15-14-22-23(29-25(28-22)20-11-5-6-12-20)24(30)26(31)27-17-18-8-7-13-21(16-18)19-9-3-2-4-10-19/h2-4,7-10,13-16,20,24H,5-6,11-12,17H2,1H3,(H,27,31)(H,28,29). The van der Waals surface area contributed by atoms with Crippen molar-refractivity contribution in [2.45, 2.75) is 44.2 Å². The summed E-state index contributed by atoms with van der Waals surface area (Å²) < 4.78 is 0. The van der Waals surface area contributed by atoms with Crippen LogP contribution in [0, 0.1) is 0 Å². The Kier molecular flexibility index (Phi) is 5.33. The fourth-order valence-corrected chi connectivity index (χ4v) is 4.72. The molecule has 1 saturated carbocycles. The molecule has 1 fully saturated rings. The number of fused-ring (bicyclic) bond motifs is 1. The molecule has 0 bridgehead atoms. The largest absolute Gasteiger partial charge is 0.364 e. The normalized spacial score (nSPS) is 18.2. The summed E-state index contributed by atoms with van der Waals surface area (Å²) >= 11 is 0. The smallest absolute Gasteiger partial charge is 0.249 e. The lowest BCUT2D eigenvalue weighted by atomic mass is 10.0. The molecule has 158 valence electrons. The average Bonchev–Trinajstić information content (AvgIpc) is 3.48. The Morgan fingerprint density at radius 3 is 2.68 bits per heavy atom. The fraction of sp³-hybridized carbons (Fsp3) is 0.308. The number of hydrogen-bond donors (Lipinski definition) is 2. The number of carbonyl (C=O) groups is 1. The van der Waals surface area contributed by atoms with Gasteiger partial charge in [-0.3, -0.25) is 4.79 Å². The van der Waals surface area contributed by atoms with Crippen molar-refractivity contribution in [3.8, 4) is 11.1 Å². The van der Waals surface area contributed by atoms with Gasteiger partial charge >= 0.3 is 0 Å². The average molecular weight is 413 g/mol. The monoisotopic (exact) mass is 412 g/mol. The molecular weight excluding hydrogens is 384 g/mol. The van der Waals surface area contributed by atoms with Crippen LogP contribution in [0.4, 0.5) is 0 Å². The van der Waals surface area contributed by atoms with E-state index in [1.54, 1.807) is 0 Å². The molecule has 5 nitrogen and oxygen atoms in total. The minimum absolute atomic E-state index is 0.0140. The molecule has 0 spiro atoms. The van der Waals surface area contributed by atoms with Crippen LogP contribution < -0.4 is 5.32 Å². The number of nitrogens with zero attached hydrogens (tertiary/aromatic N) is 2. The second-order valence-electron chi connectivity index (χ2n) is 8.57. The molecule has 5 heteroatoms. The molecule has 0 saturated heterocycles. The van der Waals surface area contributed by atoms with Gasteiger partial charge in [-0.05, 0) is 41.7 Å². The van der Waals surface area contributed by atoms with Gasteiger partial charge in [-0.2, -0.15) is 0 Å². The Hall–Kier alpha value is -3.34. The summed E-state index contributed by atoms with van der Waals surface area (Å²) in [5, 5.41) is 3.14. The van der Waals surface area contributed by atoms with Crippen molar-refractivity contribution in [3.05, 3.63) is 83.6 Å². The zero-order valence-corrected chi connectivity index (χ0v) is 17.8. The van der Waals surface area contributed by atoms with Crippen LogP contribution in [0.2, 0.25) is 0 Å². The van der Waals surface area contributed by atoms with E-state index < -0.39 is 0 Å². The highest BCUT2D eigenvalue weighted by Crippen LogP contribution is 2.36. The molecule has 5 rings (SSSR count). The van der Waals surface area contributed by atoms with Crippen LogP contribution in [0.5, 0.6) is 0 Å². The first-order chi connectivity index (χ1) is 15.2. The lowest BCUT2D eigenvalue weighted by Crippen LogP contribution is -2.38. The lowest BCUT2D eigenvalue weighted by Gasteiger charge is -2.28. The number of rotatable bonds is 5. The van der Waals surface area contributed by atoms with Crippen LogP contribution >= 0.6 is 0 Å². The van der Waals surface area contributed by atoms with E-state index in [4.69, 9.17) is 4.98 Å². The topological polar surface area (TPSA) is 61.0 Å². The minimum Gasteiger partial charge on any atom is -0.364 e. The van der Waals surface area contributed by atoms with Gasteiger partial charge in [0, 0.05) is 25.7 Å². The fourth-order valence-electron chi connectivity index (χ4n) is 4.72. The number of imidazole rings is 1. The molecule has 1 aliphatic carbocycles. The van der Waals surface area contributed by atoms with Crippen molar-refractivity contribution >= 4 is 12.0 Å². The first kappa shape index (κ1) is 19.6. The number of hydrogen-bond acceptors (Lipinski definition) is 3. The third-order valence-electron chi connectivity index (χ3n) is 6.42. The van der Waals surface area contributed by atoms with Gasteiger partial charge in [0.25, 0.3) is 0 Å². The highest BCUT2D eigenvalue weighted by atomic mass is 16.2. The molecule has 2 N–H and O–H groups in total. The van der Waals surface area contributed by atoms with Crippen molar-refractivity contribution < 1.29 is 4.79 Å². The van der Waals surface area contributed by atoms with Gasteiger partial charge in [-0.25, -0.2) is 4.98 Å². The van der Waals surface area contributed by atoms with E-state index in [1.165, 1.54) is 31.2 Å². The number of amides is 1. The number of carbonyl (C=O) groups excluding carboxylic acids is 1. The maximum atomic E-state index is 13.2. The van der Waals surface area contributed by atoms with E-state index in [2.05, 4.69) is 40.6 Å². The van der Waals surface area contributed by atoms with Crippen molar-refractivity contribution in [3.63, 3.8) is 0 Å². The Bertz CT molecular complexity index is 1100. The predicted molar refractivity (Wildman–Crippen MR) is 123 cm³/mol. The molecule has 2 aliphatic rings. The molecule has 1 amide bonds. The second kappa shape index (κ2) is 8.42. The van der Waals surface area contributed by atoms with Gasteiger partial charge in [0.1, 0.15) is 5.82 Å². The zero-order valence-electron chi connectivity index (χ0n) is 17.8. The number of aromatic nitrogens is 2. The highest BCUT2D eigenvalue weighted by molar-refractivity contribution is 5.84. The maximum absolute atomic E-state index is 13.2. The molecule has 0 radical (unpaired) electrons. The molecular formula is C26H28N4O. The molecule has 3 aromatic rings. The van der Waals surface area contributed by atoms with Gasteiger partial charge in [0.2, 0.25) is 5.91 Å². The second-order valence-corrected chi connectivity index (χ2v) is 8.57. The van der Waals surface area contributed by atoms with Crippen molar-refractivity contribution in [1.82, 2.24) is 20.2 Å². The summed E-state index contributed by atoms with van der Waals surface area (Å²) in [6, 6.07) is 18.2. The molecule has 2 heterocycles. The third kappa shape index (κ3) is 4.00. The van der Waals surface area contributed by atoms with E-state index in [0.29, 0.717) is 12.5 Å². The summed E-state index contributed by atoms with van der Waals surface area (Å²) in [7, 11) is 1.94. The van der Waals surface area contributed by atoms with E-state index in [1.807, 2.05) is 48.5 Å². The van der Waals surface area contributed by atoms with Crippen molar-refractivity contribution in [2.75, 3.05) is 7.05 Å². The van der Waals surface area contributed by atoms with Crippen molar-refractivity contribution in [2.24, 2.45) is 0 Å². The summed E-state index contributed by atoms with van der Waals surface area (Å²) in [5.41, 5.74) is 5.21. The summed E-state index contributed by atoms with van der Waals surface area (Å²) in [6.07, 6.45) is 8.83. The Morgan fingerprint density at radius 2 is 1.87 bits per heavy atom. The Labute approximate surface area is 183 Å². The van der Waals surface area contributed by atoms with Crippen LogP contribution in [0.3, 0.4) is 0 Å². The SMILES string of the molecule is CN1C=Cc2nc(C3CCCC3)[nH]c2C1C(=O)NCc1cccc(-c2ccccc2)c1. The minimum atomic E-state index is -0.389. The number of nitrogens with one attached hydrogen (secondary N) is 2. The molecule has 31 heavy (non-hydrogen) atoms. The first-order valence-corrected chi connectivity index (χ1v) is 11.1. The van der Waals surface area contributed by atoms with E-state index in [0.717, 1.165) is 28.3 Å². The van der Waals surface area contributed by atoms with Crippen LogP contribution in [-0.4, -0.2) is 27.8 Å². The van der Waals surface area contributed by atoms with Crippen LogP contribution in [-0.2, 0) is 11.3 Å². The van der Waals surface area contributed by atoms with Gasteiger partial charge < -0.3 is 15.2 Å². The van der Waals surface area contributed by atoms with E-state index in [9.17, 15) is 4.79 Å². The van der Waals surface area contributed by atoms with Crippen LogP contribution in [0.15, 0.2) is 60.8 Å². The summed E-state index contributed by atoms with van der Waals surface area (Å²) in [4.78, 5) is 23.5. The number of likely N-dealkylation sites (N-methyl/N-ethyl adjacent to an activating group) is 1. The maximum Gasteiger partial charge on any atom is 0.249 e. The van der Waals surface area contributed by atoms with Gasteiger partial charge in [0.05, 0.1) is 11.4 Å². The summed E-state index contributed by atoms with van der Waals surface area (Å²) in [5.74, 6) is 1.52. The van der Waals surface area contributed by atoms with Crippen LogP contribution in [0.1, 0.15) is 60.4 Å². The van der Waals surface area contributed by atoms with Gasteiger partial charge in [0.15, 0.2) is 6.04 Å². The zero-order chi connectivity index (χ0) is 21.2.